The van der Waals surface area contributed by atoms with E-state index >= 15 is 0 Å². The number of para-hydroxylation sites is 1. The first-order valence-corrected chi connectivity index (χ1v) is 9.22. The number of amides is 2. The smallest absolute Gasteiger partial charge is 0.261 e. The molecule has 0 spiro atoms. The summed E-state index contributed by atoms with van der Waals surface area (Å²) in [6, 6.07) is 9.31. The Morgan fingerprint density at radius 2 is 2.08 bits per heavy atom. The van der Waals surface area contributed by atoms with E-state index in [1.165, 1.54) is 28.2 Å². The Morgan fingerprint density at radius 3 is 2.84 bits per heavy atom. The van der Waals surface area contributed by atoms with Gasteiger partial charge in [-0.3, -0.25) is 9.59 Å². The molecule has 0 fully saturated rings. The van der Waals surface area contributed by atoms with Gasteiger partial charge < -0.3 is 15.4 Å². The van der Waals surface area contributed by atoms with E-state index in [0.717, 1.165) is 24.2 Å². The third-order valence-electron chi connectivity index (χ3n) is 4.36. The monoisotopic (exact) mass is 358 g/mol. The Balaban J connectivity index is 1.52. The van der Waals surface area contributed by atoms with E-state index in [2.05, 4.69) is 10.6 Å². The summed E-state index contributed by atoms with van der Waals surface area (Å²) in [5, 5.41) is 5.59. The van der Waals surface area contributed by atoms with Crippen LogP contribution in [0, 0.1) is 0 Å². The molecule has 1 unspecified atom stereocenters. The van der Waals surface area contributed by atoms with Gasteiger partial charge in [0.2, 0.25) is 5.91 Å². The summed E-state index contributed by atoms with van der Waals surface area (Å²) in [5.74, 6) is 0.322. The molecule has 2 amide bonds. The average molecular weight is 358 g/mol. The van der Waals surface area contributed by atoms with Crippen molar-refractivity contribution in [1.82, 2.24) is 10.6 Å². The summed E-state index contributed by atoms with van der Waals surface area (Å²) in [6.45, 7) is 1.85. The first-order valence-electron chi connectivity index (χ1n) is 8.40. The van der Waals surface area contributed by atoms with Crippen LogP contribution in [0.3, 0.4) is 0 Å². The Morgan fingerprint density at radius 1 is 1.28 bits per heavy atom. The van der Waals surface area contributed by atoms with Crippen molar-refractivity contribution in [1.29, 1.82) is 0 Å². The van der Waals surface area contributed by atoms with Crippen LogP contribution in [0.1, 0.15) is 45.1 Å². The molecule has 0 radical (unpaired) electrons. The number of thiophene rings is 1. The number of hydrogen-bond acceptors (Lipinski definition) is 4. The van der Waals surface area contributed by atoms with Crippen molar-refractivity contribution in [2.45, 2.75) is 32.2 Å². The van der Waals surface area contributed by atoms with Gasteiger partial charge in [0.05, 0.1) is 24.6 Å². The summed E-state index contributed by atoms with van der Waals surface area (Å²) in [4.78, 5) is 26.3. The fourth-order valence-corrected chi connectivity index (χ4v) is 4.25. The topological polar surface area (TPSA) is 67.4 Å². The predicted molar refractivity (Wildman–Crippen MR) is 98.2 cm³/mol. The summed E-state index contributed by atoms with van der Waals surface area (Å²) in [5.41, 5.74) is 2.18. The molecule has 132 valence electrons. The van der Waals surface area contributed by atoms with Crippen LogP contribution in [0.4, 0.5) is 0 Å². The molecule has 0 aliphatic heterocycles. The summed E-state index contributed by atoms with van der Waals surface area (Å²) >= 11 is 1.54. The van der Waals surface area contributed by atoms with Crippen molar-refractivity contribution in [3.63, 3.8) is 0 Å². The van der Waals surface area contributed by atoms with Crippen LogP contribution in [-0.4, -0.2) is 25.5 Å². The van der Waals surface area contributed by atoms with Gasteiger partial charge in [-0.05, 0) is 43.9 Å². The number of rotatable bonds is 6. The maximum atomic E-state index is 12.2. The van der Waals surface area contributed by atoms with Crippen LogP contribution < -0.4 is 15.4 Å². The molecule has 5 nitrogen and oxygen atoms in total. The van der Waals surface area contributed by atoms with Gasteiger partial charge in [-0.2, -0.15) is 0 Å². The van der Waals surface area contributed by atoms with Crippen LogP contribution >= 0.6 is 11.3 Å². The van der Waals surface area contributed by atoms with Gasteiger partial charge >= 0.3 is 0 Å². The molecule has 6 heteroatoms. The fraction of sp³-hybridized carbons (Fsp3) is 0.368. The average Bonchev–Trinajstić information content (AvgIpc) is 3.21. The van der Waals surface area contributed by atoms with Gasteiger partial charge in [0.25, 0.3) is 5.91 Å². The van der Waals surface area contributed by atoms with Crippen LogP contribution in [0.15, 0.2) is 30.3 Å². The largest absolute Gasteiger partial charge is 0.496 e. The van der Waals surface area contributed by atoms with Crippen molar-refractivity contribution >= 4 is 23.2 Å². The molecule has 3 rings (SSSR count). The van der Waals surface area contributed by atoms with Crippen molar-refractivity contribution in [2.24, 2.45) is 0 Å². The van der Waals surface area contributed by atoms with Crippen molar-refractivity contribution in [3.8, 4) is 5.75 Å². The molecule has 2 aromatic rings. The highest BCUT2D eigenvalue weighted by Gasteiger charge is 2.19. The molecule has 2 N–H and O–H groups in total. The molecule has 1 aliphatic carbocycles. The lowest BCUT2D eigenvalue weighted by Crippen LogP contribution is -2.37. The first kappa shape index (κ1) is 17.5. The number of methoxy groups -OCH3 is 1. The second-order valence-electron chi connectivity index (χ2n) is 6.13. The minimum Gasteiger partial charge on any atom is -0.496 e. The summed E-state index contributed by atoms with van der Waals surface area (Å²) in [7, 11) is 1.60. The van der Waals surface area contributed by atoms with Crippen molar-refractivity contribution < 1.29 is 14.3 Å². The number of nitrogens with one attached hydrogen (secondary N) is 2. The Hall–Kier alpha value is -2.34. The van der Waals surface area contributed by atoms with Crippen LogP contribution in [-0.2, 0) is 17.6 Å². The lowest BCUT2D eigenvalue weighted by molar-refractivity contribution is -0.120. The standard InChI is InChI=1S/C19H22N2O3S/c1-12(14-7-3-4-8-15(14)24-2)21-18(22)11-20-19(23)17-10-13-6-5-9-16(13)25-17/h3-4,7-8,10,12H,5-6,9,11H2,1-2H3,(H,20,23)(H,21,22). The number of benzene rings is 1. The molecule has 1 heterocycles. The zero-order valence-corrected chi connectivity index (χ0v) is 15.2. The molecule has 0 saturated heterocycles. The maximum Gasteiger partial charge on any atom is 0.261 e. The van der Waals surface area contributed by atoms with Gasteiger partial charge in [0, 0.05) is 10.4 Å². The maximum absolute atomic E-state index is 12.2. The number of fused-ring (bicyclic) bond motifs is 1. The van der Waals surface area contributed by atoms with Gasteiger partial charge in [-0.15, -0.1) is 11.3 Å². The highest BCUT2D eigenvalue weighted by molar-refractivity contribution is 7.14. The van der Waals surface area contributed by atoms with Crippen LogP contribution in [0.2, 0.25) is 0 Å². The molecule has 0 saturated carbocycles. The van der Waals surface area contributed by atoms with Crippen LogP contribution in [0.5, 0.6) is 5.75 Å². The zero-order valence-electron chi connectivity index (χ0n) is 14.4. The van der Waals surface area contributed by atoms with Crippen molar-refractivity contribution in [3.05, 3.63) is 51.2 Å². The molecular formula is C19H22N2O3S. The normalized spacial score (nSPS) is 13.8. The van der Waals surface area contributed by atoms with Crippen molar-refractivity contribution in [2.75, 3.05) is 13.7 Å². The van der Waals surface area contributed by atoms with Gasteiger partial charge in [0.1, 0.15) is 5.75 Å². The minimum absolute atomic E-state index is 0.0408. The number of aryl methyl sites for hydroxylation is 2. The Bertz CT molecular complexity index is 763. The number of ether oxygens (including phenoxy) is 1. The number of hydrogen-bond donors (Lipinski definition) is 2. The third-order valence-corrected chi connectivity index (χ3v) is 5.60. The minimum atomic E-state index is -0.226. The van der Waals surface area contributed by atoms with Crippen LogP contribution in [0.25, 0.3) is 0 Å². The molecule has 1 aliphatic rings. The molecule has 1 aromatic carbocycles. The van der Waals surface area contributed by atoms with E-state index in [4.69, 9.17) is 4.74 Å². The Labute approximate surface area is 151 Å². The lowest BCUT2D eigenvalue weighted by atomic mass is 10.1. The molecular weight excluding hydrogens is 336 g/mol. The fourth-order valence-electron chi connectivity index (χ4n) is 3.08. The van der Waals surface area contributed by atoms with E-state index in [1.54, 1.807) is 7.11 Å². The second-order valence-corrected chi connectivity index (χ2v) is 7.26. The molecule has 25 heavy (non-hydrogen) atoms. The van der Waals surface area contributed by atoms with E-state index in [1.807, 2.05) is 37.3 Å². The summed E-state index contributed by atoms with van der Waals surface area (Å²) in [6.07, 6.45) is 3.28. The van der Waals surface area contributed by atoms with E-state index < -0.39 is 0 Å². The van der Waals surface area contributed by atoms with Gasteiger partial charge in [-0.25, -0.2) is 0 Å². The highest BCUT2D eigenvalue weighted by Crippen LogP contribution is 2.30. The molecule has 0 bridgehead atoms. The zero-order chi connectivity index (χ0) is 17.8. The highest BCUT2D eigenvalue weighted by atomic mass is 32.1. The lowest BCUT2D eigenvalue weighted by Gasteiger charge is -2.17. The third kappa shape index (κ3) is 4.02. The van der Waals surface area contributed by atoms with E-state index in [0.29, 0.717) is 4.88 Å². The van der Waals surface area contributed by atoms with Gasteiger partial charge in [0.15, 0.2) is 0 Å². The first-order chi connectivity index (χ1) is 12.1. The second kappa shape index (κ2) is 7.70. The predicted octanol–water partition coefficient (Wildman–Crippen LogP) is 2.85. The van der Waals surface area contributed by atoms with Gasteiger partial charge in [-0.1, -0.05) is 18.2 Å². The van der Waals surface area contributed by atoms with E-state index in [9.17, 15) is 9.59 Å². The molecule has 1 atom stereocenters. The summed E-state index contributed by atoms with van der Waals surface area (Å²) < 4.78 is 5.31. The number of carbonyl (C=O) groups is 2. The van der Waals surface area contributed by atoms with E-state index in [-0.39, 0.29) is 24.4 Å². The Kier molecular flexibility index (Phi) is 5.38. The quantitative estimate of drug-likeness (QED) is 0.834. The SMILES string of the molecule is COc1ccccc1C(C)NC(=O)CNC(=O)c1cc2c(s1)CCC2. The number of carbonyl (C=O) groups excluding carboxylic acids is 2. The molecule has 1 aromatic heterocycles.